The van der Waals surface area contributed by atoms with E-state index >= 15 is 0 Å². The van der Waals surface area contributed by atoms with Gasteiger partial charge in [0, 0.05) is 35.9 Å². The molecule has 0 aliphatic heterocycles. The highest BCUT2D eigenvalue weighted by Crippen LogP contribution is 2.38. The van der Waals surface area contributed by atoms with Crippen LogP contribution in [0.5, 0.6) is 5.75 Å². The van der Waals surface area contributed by atoms with Gasteiger partial charge in [0.15, 0.2) is 11.6 Å². The SMILES string of the molecule is COc1ccc(Cc2nc(NCc3ccccc3)c(CCCOCc3ccccc3)c3c4ccccc4n(C(=O)O)c23)cc1F. The molecule has 0 aliphatic carbocycles. The zero-order valence-electron chi connectivity index (χ0n) is 25.0. The standard InChI is InChI=1S/C37H34FN3O4/c1-44-33-19-18-27(21-30(33)38)22-31-35-34(28-15-8-9-17-32(28)41(35)37(42)43)29(16-10-20-45-24-26-13-6-3-7-14-26)36(40-31)39-23-25-11-4-2-5-12-25/h2-9,11-15,17-19,21H,10,16,20,22-24H2,1H3,(H,39,40)(H,42,43). The quantitative estimate of drug-likeness (QED) is 0.137. The number of carbonyl (C=O) groups is 1. The maximum Gasteiger partial charge on any atom is 0.416 e. The number of ether oxygens (including phenoxy) is 2. The summed E-state index contributed by atoms with van der Waals surface area (Å²) in [6.45, 7) is 1.58. The molecular weight excluding hydrogens is 569 g/mol. The van der Waals surface area contributed by atoms with Crippen molar-refractivity contribution in [3.05, 3.63) is 137 Å². The maximum atomic E-state index is 14.7. The second-order valence-corrected chi connectivity index (χ2v) is 10.9. The summed E-state index contributed by atoms with van der Waals surface area (Å²) in [5, 5.41) is 15.7. The molecule has 0 atom stereocenters. The van der Waals surface area contributed by atoms with Crippen molar-refractivity contribution in [3.8, 4) is 5.75 Å². The number of pyridine rings is 1. The highest BCUT2D eigenvalue weighted by atomic mass is 19.1. The first kappa shape index (κ1) is 29.8. The number of halogens is 1. The fraction of sp³-hybridized carbons (Fsp3) is 0.189. The molecule has 2 N–H and O–H groups in total. The number of rotatable bonds is 12. The summed E-state index contributed by atoms with van der Waals surface area (Å²) in [4.78, 5) is 17.9. The van der Waals surface area contributed by atoms with E-state index in [4.69, 9.17) is 14.5 Å². The minimum atomic E-state index is -1.10. The lowest BCUT2D eigenvalue weighted by atomic mass is 9.99. The molecule has 0 aliphatic rings. The Morgan fingerprint density at radius 1 is 0.911 bits per heavy atom. The van der Waals surface area contributed by atoms with Crippen molar-refractivity contribution >= 4 is 33.7 Å². The van der Waals surface area contributed by atoms with Crippen molar-refractivity contribution in [1.82, 2.24) is 9.55 Å². The molecule has 0 saturated heterocycles. The number of benzene rings is 4. The van der Waals surface area contributed by atoms with Crippen molar-refractivity contribution in [3.63, 3.8) is 0 Å². The smallest absolute Gasteiger partial charge is 0.416 e. The molecule has 0 unspecified atom stereocenters. The van der Waals surface area contributed by atoms with E-state index in [0.29, 0.717) is 60.7 Å². The highest BCUT2D eigenvalue weighted by molar-refractivity contribution is 6.15. The highest BCUT2D eigenvalue weighted by Gasteiger charge is 2.24. The molecule has 4 aromatic carbocycles. The molecule has 6 aromatic rings. The lowest BCUT2D eigenvalue weighted by Gasteiger charge is -2.17. The van der Waals surface area contributed by atoms with Gasteiger partial charge in [-0.25, -0.2) is 18.7 Å². The van der Waals surface area contributed by atoms with E-state index in [-0.39, 0.29) is 12.2 Å². The third kappa shape index (κ3) is 6.51. The van der Waals surface area contributed by atoms with Crippen LogP contribution >= 0.6 is 0 Å². The van der Waals surface area contributed by atoms with Gasteiger partial charge >= 0.3 is 6.09 Å². The van der Waals surface area contributed by atoms with E-state index in [0.717, 1.165) is 27.5 Å². The van der Waals surface area contributed by atoms with Gasteiger partial charge in [-0.05, 0) is 47.7 Å². The van der Waals surface area contributed by atoms with E-state index in [2.05, 4.69) is 5.32 Å². The molecule has 0 radical (unpaired) electrons. The Morgan fingerprint density at radius 2 is 1.62 bits per heavy atom. The van der Waals surface area contributed by atoms with E-state index in [1.165, 1.54) is 17.7 Å². The fourth-order valence-electron chi connectivity index (χ4n) is 5.81. The van der Waals surface area contributed by atoms with Crippen molar-refractivity contribution in [2.75, 3.05) is 19.0 Å². The number of nitrogens with zero attached hydrogens (tertiary/aromatic N) is 2. The fourth-order valence-corrected chi connectivity index (χ4v) is 5.81. The van der Waals surface area contributed by atoms with Gasteiger partial charge in [-0.3, -0.25) is 0 Å². The maximum absolute atomic E-state index is 14.7. The van der Waals surface area contributed by atoms with Crippen LogP contribution in [0.1, 0.15) is 34.4 Å². The molecule has 0 amide bonds. The molecule has 2 heterocycles. The number of carboxylic acid groups (broad SMARTS) is 1. The summed E-state index contributed by atoms with van der Waals surface area (Å²) in [7, 11) is 1.42. The number of fused-ring (bicyclic) bond motifs is 3. The van der Waals surface area contributed by atoms with Crippen molar-refractivity contribution in [2.45, 2.75) is 32.4 Å². The molecule has 228 valence electrons. The number of para-hydroxylation sites is 1. The molecule has 0 fully saturated rings. The van der Waals surface area contributed by atoms with Crippen LogP contribution in [0, 0.1) is 5.82 Å². The second kappa shape index (κ2) is 13.6. The average Bonchev–Trinajstić information content (AvgIpc) is 3.41. The van der Waals surface area contributed by atoms with Crippen LogP contribution < -0.4 is 10.1 Å². The minimum Gasteiger partial charge on any atom is -0.494 e. The van der Waals surface area contributed by atoms with Crippen LogP contribution in [0.2, 0.25) is 0 Å². The summed E-state index contributed by atoms with van der Waals surface area (Å²) in [5.74, 6) is 0.331. The summed E-state index contributed by atoms with van der Waals surface area (Å²) in [6.07, 6.45) is 0.439. The van der Waals surface area contributed by atoms with Gasteiger partial charge < -0.3 is 19.9 Å². The second-order valence-electron chi connectivity index (χ2n) is 10.9. The number of anilines is 1. The summed E-state index contributed by atoms with van der Waals surface area (Å²) in [6, 6.07) is 32.3. The molecular formula is C37H34FN3O4. The minimum absolute atomic E-state index is 0.145. The van der Waals surface area contributed by atoms with Gasteiger partial charge in [0.2, 0.25) is 0 Å². The Bertz CT molecular complexity index is 1940. The average molecular weight is 604 g/mol. The van der Waals surface area contributed by atoms with E-state index in [1.54, 1.807) is 12.1 Å². The summed E-state index contributed by atoms with van der Waals surface area (Å²) < 4.78 is 27.2. The van der Waals surface area contributed by atoms with E-state index < -0.39 is 11.9 Å². The van der Waals surface area contributed by atoms with Crippen LogP contribution in [0.25, 0.3) is 21.8 Å². The zero-order valence-corrected chi connectivity index (χ0v) is 25.0. The molecule has 45 heavy (non-hydrogen) atoms. The van der Waals surface area contributed by atoms with Crippen molar-refractivity contribution in [2.24, 2.45) is 0 Å². The van der Waals surface area contributed by atoms with E-state index in [1.807, 2.05) is 84.9 Å². The number of nitrogens with one attached hydrogen (secondary N) is 1. The molecule has 0 spiro atoms. The van der Waals surface area contributed by atoms with Crippen LogP contribution in [0.3, 0.4) is 0 Å². The number of hydrogen-bond donors (Lipinski definition) is 2. The van der Waals surface area contributed by atoms with Gasteiger partial charge in [0.25, 0.3) is 0 Å². The molecule has 7 nitrogen and oxygen atoms in total. The summed E-state index contributed by atoms with van der Waals surface area (Å²) in [5.41, 5.74) is 5.38. The van der Waals surface area contributed by atoms with Crippen LogP contribution in [0.4, 0.5) is 15.0 Å². The number of hydrogen-bond acceptors (Lipinski definition) is 5. The topological polar surface area (TPSA) is 85.6 Å². The number of methoxy groups -OCH3 is 1. The van der Waals surface area contributed by atoms with Crippen LogP contribution in [-0.2, 0) is 30.7 Å². The van der Waals surface area contributed by atoms with Gasteiger partial charge in [-0.15, -0.1) is 0 Å². The predicted molar refractivity (Wildman–Crippen MR) is 175 cm³/mol. The first-order chi connectivity index (χ1) is 22.0. The Hall–Kier alpha value is -5.21. The third-order valence-electron chi connectivity index (χ3n) is 7.89. The van der Waals surface area contributed by atoms with E-state index in [9.17, 15) is 14.3 Å². The monoisotopic (exact) mass is 603 g/mol. The third-order valence-corrected chi connectivity index (χ3v) is 7.89. The largest absolute Gasteiger partial charge is 0.494 e. The van der Waals surface area contributed by atoms with Crippen LogP contribution in [-0.4, -0.2) is 34.5 Å². The number of aromatic nitrogens is 2. The molecule has 0 bridgehead atoms. The first-order valence-electron chi connectivity index (χ1n) is 14.9. The van der Waals surface area contributed by atoms with Crippen molar-refractivity contribution < 1.29 is 23.8 Å². The van der Waals surface area contributed by atoms with Crippen molar-refractivity contribution in [1.29, 1.82) is 0 Å². The normalized spacial score (nSPS) is 11.2. The number of aryl methyl sites for hydroxylation is 1. The lowest BCUT2D eigenvalue weighted by Crippen LogP contribution is -2.13. The Labute approximate surface area is 260 Å². The van der Waals surface area contributed by atoms with Gasteiger partial charge in [0.05, 0.1) is 30.4 Å². The Balaban J connectivity index is 1.45. The Morgan fingerprint density at radius 3 is 2.33 bits per heavy atom. The molecule has 0 saturated carbocycles. The summed E-state index contributed by atoms with van der Waals surface area (Å²) >= 11 is 0. The molecule has 2 aromatic heterocycles. The molecule has 6 rings (SSSR count). The van der Waals surface area contributed by atoms with Gasteiger partial charge in [0.1, 0.15) is 5.82 Å². The predicted octanol–water partition coefficient (Wildman–Crippen LogP) is 8.22. The Kier molecular flexibility index (Phi) is 9.03. The lowest BCUT2D eigenvalue weighted by molar-refractivity contribution is 0.119. The van der Waals surface area contributed by atoms with Crippen LogP contribution in [0.15, 0.2) is 103 Å². The molecule has 8 heteroatoms. The first-order valence-corrected chi connectivity index (χ1v) is 14.9. The van der Waals surface area contributed by atoms with Gasteiger partial charge in [-0.1, -0.05) is 84.9 Å². The van der Waals surface area contributed by atoms with Gasteiger partial charge in [-0.2, -0.15) is 0 Å². The zero-order chi connectivity index (χ0) is 31.2.